The Bertz CT molecular complexity index is 848. The third-order valence-corrected chi connectivity index (χ3v) is 4.78. The number of unbranched alkanes of at least 4 members (excludes halogenated alkanes) is 1. The summed E-state index contributed by atoms with van der Waals surface area (Å²) >= 11 is 0. The highest BCUT2D eigenvalue weighted by atomic mass is 16.5. The van der Waals surface area contributed by atoms with E-state index in [2.05, 4.69) is 67.6 Å². The molecule has 0 bridgehead atoms. The Kier molecular flexibility index (Phi) is 4.89. The maximum absolute atomic E-state index is 5.86. The van der Waals surface area contributed by atoms with Crippen molar-refractivity contribution < 1.29 is 4.74 Å². The molecule has 0 spiro atoms. The number of hydrogen-bond acceptors (Lipinski definition) is 2. The summed E-state index contributed by atoms with van der Waals surface area (Å²) in [5.74, 6) is 0.970. The lowest BCUT2D eigenvalue weighted by atomic mass is 10.1. The zero-order chi connectivity index (χ0) is 17.1. The van der Waals surface area contributed by atoms with Gasteiger partial charge in [-0.15, -0.1) is 0 Å². The normalized spacial score (nSPS) is 11.2. The third-order valence-electron chi connectivity index (χ3n) is 4.78. The summed E-state index contributed by atoms with van der Waals surface area (Å²) in [7, 11) is 0. The van der Waals surface area contributed by atoms with Gasteiger partial charge >= 0.3 is 0 Å². The minimum atomic E-state index is 0.757. The topological polar surface area (TPSA) is 27.1 Å². The van der Waals surface area contributed by atoms with Crippen molar-refractivity contribution in [1.82, 2.24) is 9.55 Å². The van der Waals surface area contributed by atoms with Crippen molar-refractivity contribution in [1.29, 1.82) is 0 Å². The van der Waals surface area contributed by atoms with E-state index >= 15 is 0 Å². The second kappa shape index (κ2) is 7.08. The molecule has 0 aliphatic rings. The van der Waals surface area contributed by atoms with Crippen LogP contribution in [0.15, 0.2) is 36.7 Å². The fraction of sp³-hybridized carbons (Fsp3) is 0.381. The summed E-state index contributed by atoms with van der Waals surface area (Å²) in [5, 5.41) is 0. The van der Waals surface area contributed by atoms with Gasteiger partial charge in [-0.05, 0) is 87.1 Å². The van der Waals surface area contributed by atoms with Crippen LogP contribution in [0.4, 0.5) is 0 Å². The second-order valence-electron chi connectivity index (χ2n) is 6.66. The molecule has 0 radical (unpaired) electrons. The van der Waals surface area contributed by atoms with E-state index in [1.54, 1.807) is 0 Å². The number of hydrogen-bond donors (Lipinski definition) is 0. The predicted octanol–water partition coefficient (Wildman–Crippen LogP) is 5.13. The Labute approximate surface area is 144 Å². The summed E-state index contributed by atoms with van der Waals surface area (Å²) in [6.45, 7) is 10.3. The van der Waals surface area contributed by atoms with Gasteiger partial charge in [-0.3, -0.25) is 0 Å². The molecule has 2 aromatic carbocycles. The van der Waals surface area contributed by atoms with Crippen LogP contribution in [-0.4, -0.2) is 16.2 Å². The lowest BCUT2D eigenvalue weighted by molar-refractivity contribution is 0.303. The van der Waals surface area contributed by atoms with Crippen LogP contribution in [0.25, 0.3) is 11.0 Å². The number of ether oxygens (including phenoxy) is 1. The van der Waals surface area contributed by atoms with Crippen molar-refractivity contribution in [3.8, 4) is 5.75 Å². The van der Waals surface area contributed by atoms with Crippen LogP contribution in [0, 0.1) is 27.7 Å². The van der Waals surface area contributed by atoms with Crippen molar-refractivity contribution in [2.45, 2.75) is 47.1 Å². The second-order valence-corrected chi connectivity index (χ2v) is 6.66. The van der Waals surface area contributed by atoms with Gasteiger partial charge in [-0.25, -0.2) is 4.98 Å². The molecule has 0 unspecified atom stereocenters. The molecule has 126 valence electrons. The van der Waals surface area contributed by atoms with Gasteiger partial charge in [0.2, 0.25) is 0 Å². The molecule has 3 aromatic rings. The van der Waals surface area contributed by atoms with Crippen LogP contribution in [0.3, 0.4) is 0 Å². The standard InChI is InChI=1S/C21H26N2O/c1-15-7-8-19(11-16(15)2)24-10-6-5-9-23-14-22-20-12-17(3)18(4)13-21(20)23/h7-8,11-14H,5-6,9-10H2,1-4H3. The Balaban J connectivity index is 1.51. The Morgan fingerprint density at radius 2 is 1.62 bits per heavy atom. The largest absolute Gasteiger partial charge is 0.494 e. The lowest BCUT2D eigenvalue weighted by Crippen LogP contribution is -2.02. The van der Waals surface area contributed by atoms with Crippen molar-refractivity contribution in [3.05, 3.63) is 58.9 Å². The van der Waals surface area contributed by atoms with E-state index in [-0.39, 0.29) is 0 Å². The van der Waals surface area contributed by atoms with Gasteiger partial charge < -0.3 is 9.30 Å². The molecule has 1 aromatic heterocycles. The molecule has 0 saturated heterocycles. The Hall–Kier alpha value is -2.29. The summed E-state index contributed by atoms with van der Waals surface area (Å²) in [5.41, 5.74) is 7.53. The number of aromatic nitrogens is 2. The highest BCUT2D eigenvalue weighted by Gasteiger charge is 2.05. The van der Waals surface area contributed by atoms with E-state index < -0.39 is 0 Å². The number of benzene rings is 2. The summed E-state index contributed by atoms with van der Waals surface area (Å²) in [4.78, 5) is 4.52. The molecule has 0 N–H and O–H groups in total. The molecule has 24 heavy (non-hydrogen) atoms. The fourth-order valence-corrected chi connectivity index (χ4v) is 2.87. The summed E-state index contributed by atoms with van der Waals surface area (Å²) in [6.07, 6.45) is 4.08. The molecule has 3 rings (SSSR count). The maximum atomic E-state index is 5.86. The van der Waals surface area contributed by atoms with Gasteiger partial charge in [0.1, 0.15) is 5.75 Å². The molecule has 3 heteroatoms. The Morgan fingerprint density at radius 1 is 0.875 bits per heavy atom. The van der Waals surface area contributed by atoms with E-state index in [1.165, 1.54) is 27.8 Å². The average molecular weight is 322 g/mol. The van der Waals surface area contributed by atoms with Crippen molar-refractivity contribution in [2.24, 2.45) is 0 Å². The van der Waals surface area contributed by atoms with Gasteiger partial charge in [0.15, 0.2) is 0 Å². The van der Waals surface area contributed by atoms with Gasteiger partial charge in [0, 0.05) is 6.54 Å². The maximum Gasteiger partial charge on any atom is 0.119 e. The average Bonchev–Trinajstić information content (AvgIpc) is 2.93. The van der Waals surface area contributed by atoms with Crippen LogP contribution in [0.5, 0.6) is 5.75 Å². The molecule has 1 heterocycles. The lowest BCUT2D eigenvalue weighted by Gasteiger charge is -2.09. The zero-order valence-corrected chi connectivity index (χ0v) is 15.1. The van der Waals surface area contributed by atoms with E-state index in [4.69, 9.17) is 4.74 Å². The summed E-state index contributed by atoms with van der Waals surface area (Å²) < 4.78 is 8.11. The fourth-order valence-electron chi connectivity index (χ4n) is 2.87. The van der Waals surface area contributed by atoms with Crippen LogP contribution in [0.1, 0.15) is 35.1 Å². The first-order chi connectivity index (χ1) is 11.5. The van der Waals surface area contributed by atoms with Crippen molar-refractivity contribution in [3.63, 3.8) is 0 Å². The van der Waals surface area contributed by atoms with Crippen LogP contribution < -0.4 is 4.74 Å². The van der Waals surface area contributed by atoms with Gasteiger partial charge in [0.05, 0.1) is 24.0 Å². The molecule has 0 fully saturated rings. The van der Waals surface area contributed by atoms with Gasteiger partial charge in [0.25, 0.3) is 0 Å². The first-order valence-electron chi connectivity index (χ1n) is 8.67. The van der Waals surface area contributed by atoms with Crippen LogP contribution >= 0.6 is 0 Å². The summed E-state index contributed by atoms with van der Waals surface area (Å²) in [6, 6.07) is 10.7. The first kappa shape index (κ1) is 16.6. The van der Waals surface area contributed by atoms with Crippen LogP contribution in [0.2, 0.25) is 0 Å². The SMILES string of the molecule is Cc1ccc(OCCCCn2cnc3cc(C)c(C)cc32)cc1C. The number of aryl methyl sites for hydroxylation is 5. The molecular formula is C21H26N2O. The number of fused-ring (bicyclic) bond motifs is 1. The van der Waals surface area contributed by atoms with E-state index in [0.29, 0.717) is 0 Å². The molecule has 0 aliphatic carbocycles. The molecule has 0 saturated carbocycles. The zero-order valence-electron chi connectivity index (χ0n) is 15.1. The first-order valence-corrected chi connectivity index (χ1v) is 8.67. The monoisotopic (exact) mass is 322 g/mol. The van der Waals surface area contributed by atoms with Crippen LogP contribution in [-0.2, 0) is 6.54 Å². The minimum Gasteiger partial charge on any atom is -0.494 e. The van der Waals surface area contributed by atoms with Crippen molar-refractivity contribution in [2.75, 3.05) is 6.61 Å². The quantitative estimate of drug-likeness (QED) is 0.588. The molecule has 0 aliphatic heterocycles. The highest BCUT2D eigenvalue weighted by Crippen LogP contribution is 2.19. The smallest absolute Gasteiger partial charge is 0.119 e. The Morgan fingerprint density at radius 3 is 2.42 bits per heavy atom. The number of rotatable bonds is 6. The van der Waals surface area contributed by atoms with Crippen molar-refractivity contribution >= 4 is 11.0 Å². The van der Waals surface area contributed by atoms with E-state index in [0.717, 1.165) is 37.3 Å². The van der Waals surface area contributed by atoms with Gasteiger partial charge in [-0.2, -0.15) is 0 Å². The molecule has 3 nitrogen and oxygen atoms in total. The number of imidazole rings is 1. The number of nitrogens with zero attached hydrogens (tertiary/aromatic N) is 2. The molecule has 0 atom stereocenters. The highest BCUT2D eigenvalue weighted by molar-refractivity contribution is 5.77. The minimum absolute atomic E-state index is 0.757. The predicted molar refractivity (Wildman–Crippen MR) is 99.9 cm³/mol. The molecular weight excluding hydrogens is 296 g/mol. The molecule has 0 amide bonds. The van der Waals surface area contributed by atoms with E-state index in [1.807, 2.05) is 6.33 Å². The van der Waals surface area contributed by atoms with Gasteiger partial charge in [-0.1, -0.05) is 6.07 Å². The van der Waals surface area contributed by atoms with E-state index in [9.17, 15) is 0 Å². The third kappa shape index (κ3) is 3.61.